The van der Waals surface area contributed by atoms with Gasteiger partial charge in [-0.15, -0.1) is 0 Å². The number of nitrogens with one attached hydrogen (secondary N) is 2. The lowest BCUT2D eigenvalue weighted by Gasteiger charge is -2.25. The highest BCUT2D eigenvalue weighted by molar-refractivity contribution is 5.68. The molecule has 0 radical (unpaired) electrons. The van der Waals surface area contributed by atoms with Crippen LogP contribution in [0.25, 0.3) is 0 Å². The molecule has 0 aromatic heterocycles. The summed E-state index contributed by atoms with van der Waals surface area (Å²) in [5.41, 5.74) is 2.28. The Morgan fingerprint density at radius 3 is 2.48 bits per heavy atom. The first-order valence-electron chi connectivity index (χ1n) is 8.68. The molecule has 128 valence electrons. The third-order valence-corrected chi connectivity index (χ3v) is 4.27. The van der Waals surface area contributed by atoms with Gasteiger partial charge in [-0.25, -0.2) is 4.79 Å². The van der Waals surface area contributed by atoms with E-state index in [9.17, 15) is 4.79 Å². The molecule has 0 spiro atoms. The molecule has 1 saturated carbocycles. The molecule has 1 aliphatic carbocycles. The van der Waals surface area contributed by atoms with Gasteiger partial charge in [0.2, 0.25) is 0 Å². The Bertz CT molecular complexity index is 522. The SMILES string of the molecule is CCc1ccccc1CNC1CCCC1NC(=O)OC(C)(C)C. The van der Waals surface area contributed by atoms with Crippen LogP contribution >= 0.6 is 0 Å². The number of amides is 1. The van der Waals surface area contributed by atoms with Gasteiger partial charge in [-0.05, 0) is 57.6 Å². The molecular weight excluding hydrogens is 288 g/mol. The van der Waals surface area contributed by atoms with Gasteiger partial charge in [0.15, 0.2) is 0 Å². The second-order valence-electron chi connectivity index (χ2n) is 7.29. The van der Waals surface area contributed by atoms with E-state index in [-0.39, 0.29) is 12.1 Å². The zero-order valence-electron chi connectivity index (χ0n) is 14.8. The van der Waals surface area contributed by atoms with Crippen LogP contribution < -0.4 is 10.6 Å². The summed E-state index contributed by atoms with van der Waals surface area (Å²) < 4.78 is 5.37. The van der Waals surface area contributed by atoms with Crippen LogP contribution in [0.1, 0.15) is 58.1 Å². The molecule has 0 bridgehead atoms. The Morgan fingerprint density at radius 1 is 1.17 bits per heavy atom. The van der Waals surface area contributed by atoms with Gasteiger partial charge in [-0.2, -0.15) is 0 Å². The first-order valence-corrected chi connectivity index (χ1v) is 8.68. The Balaban J connectivity index is 1.88. The largest absolute Gasteiger partial charge is 0.444 e. The Kier molecular flexibility index (Phi) is 6.05. The molecule has 0 heterocycles. The maximum atomic E-state index is 12.0. The van der Waals surface area contributed by atoms with Crippen molar-refractivity contribution in [3.63, 3.8) is 0 Å². The number of carbonyl (C=O) groups is 1. The van der Waals surface area contributed by atoms with Crippen LogP contribution in [0.2, 0.25) is 0 Å². The molecule has 2 atom stereocenters. The van der Waals surface area contributed by atoms with Crippen molar-refractivity contribution in [1.82, 2.24) is 10.6 Å². The molecule has 0 aliphatic heterocycles. The summed E-state index contributed by atoms with van der Waals surface area (Å²) in [6.45, 7) is 8.69. The van der Waals surface area contributed by atoms with E-state index in [0.29, 0.717) is 6.04 Å². The van der Waals surface area contributed by atoms with Gasteiger partial charge in [0, 0.05) is 18.6 Å². The number of rotatable bonds is 5. The molecule has 1 fully saturated rings. The molecule has 1 aliphatic rings. The molecular formula is C19H30N2O2. The van der Waals surface area contributed by atoms with Gasteiger partial charge in [-0.3, -0.25) is 0 Å². The van der Waals surface area contributed by atoms with E-state index in [1.807, 2.05) is 20.8 Å². The lowest BCUT2D eigenvalue weighted by atomic mass is 10.0. The van der Waals surface area contributed by atoms with Crippen LogP contribution in [-0.4, -0.2) is 23.8 Å². The maximum Gasteiger partial charge on any atom is 0.407 e. The molecule has 0 saturated heterocycles. The van der Waals surface area contributed by atoms with Crippen molar-refractivity contribution in [1.29, 1.82) is 0 Å². The first kappa shape index (κ1) is 17.8. The highest BCUT2D eigenvalue weighted by Gasteiger charge is 2.29. The predicted molar refractivity (Wildman–Crippen MR) is 93.5 cm³/mol. The highest BCUT2D eigenvalue weighted by atomic mass is 16.6. The van der Waals surface area contributed by atoms with Crippen LogP contribution in [0.5, 0.6) is 0 Å². The van der Waals surface area contributed by atoms with Gasteiger partial charge in [0.25, 0.3) is 0 Å². The normalized spacial score (nSPS) is 21.2. The van der Waals surface area contributed by atoms with Gasteiger partial charge in [-0.1, -0.05) is 31.2 Å². The quantitative estimate of drug-likeness (QED) is 0.868. The standard InChI is InChI=1S/C19H30N2O2/c1-5-14-9-6-7-10-15(14)13-20-16-11-8-12-17(16)21-18(22)23-19(2,3)4/h6-7,9-10,16-17,20H,5,8,11-13H2,1-4H3,(H,21,22). The van der Waals surface area contributed by atoms with Gasteiger partial charge in [0.1, 0.15) is 5.60 Å². The van der Waals surface area contributed by atoms with E-state index in [2.05, 4.69) is 41.8 Å². The van der Waals surface area contributed by atoms with Crippen molar-refractivity contribution < 1.29 is 9.53 Å². The van der Waals surface area contributed by atoms with E-state index >= 15 is 0 Å². The van der Waals surface area contributed by atoms with Gasteiger partial charge in [0.05, 0.1) is 0 Å². The lowest BCUT2D eigenvalue weighted by Crippen LogP contribution is -2.47. The van der Waals surface area contributed by atoms with Crippen molar-refractivity contribution in [2.75, 3.05) is 0 Å². The van der Waals surface area contributed by atoms with E-state index < -0.39 is 5.60 Å². The topological polar surface area (TPSA) is 50.4 Å². The van der Waals surface area contributed by atoms with Crippen molar-refractivity contribution in [3.05, 3.63) is 35.4 Å². The summed E-state index contributed by atoms with van der Waals surface area (Å²) in [4.78, 5) is 12.0. The Morgan fingerprint density at radius 2 is 1.83 bits per heavy atom. The molecule has 2 rings (SSSR count). The number of hydrogen-bond acceptors (Lipinski definition) is 3. The number of hydrogen-bond donors (Lipinski definition) is 2. The van der Waals surface area contributed by atoms with Crippen molar-refractivity contribution in [2.45, 2.75) is 77.6 Å². The minimum absolute atomic E-state index is 0.152. The average Bonchev–Trinajstić information content (AvgIpc) is 2.90. The van der Waals surface area contributed by atoms with Crippen molar-refractivity contribution >= 4 is 6.09 Å². The maximum absolute atomic E-state index is 12.0. The summed E-state index contributed by atoms with van der Waals surface area (Å²) in [6, 6.07) is 9.00. The van der Waals surface area contributed by atoms with Crippen LogP contribution in [0.15, 0.2) is 24.3 Å². The molecule has 1 aromatic rings. The van der Waals surface area contributed by atoms with Crippen LogP contribution in [0.3, 0.4) is 0 Å². The van der Waals surface area contributed by atoms with Crippen LogP contribution in [-0.2, 0) is 17.7 Å². The second kappa shape index (κ2) is 7.82. The first-order chi connectivity index (χ1) is 10.9. The lowest BCUT2D eigenvalue weighted by molar-refractivity contribution is 0.0498. The average molecular weight is 318 g/mol. The minimum Gasteiger partial charge on any atom is -0.444 e. The van der Waals surface area contributed by atoms with Crippen molar-refractivity contribution in [2.24, 2.45) is 0 Å². The van der Waals surface area contributed by atoms with E-state index in [1.54, 1.807) is 0 Å². The number of carbonyl (C=O) groups excluding carboxylic acids is 1. The third-order valence-electron chi connectivity index (χ3n) is 4.27. The third kappa shape index (κ3) is 5.54. The summed E-state index contributed by atoms with van der Waals surface area (Å²) in [5.74, 6) is 0. The zero-order valence-corrected chi connectivity index (χ0v) is 14.8. The molecule has 1 amide bonds. The van der Waals surface area contributed by atoms with Crippen LogP contribution in [0.4, 0.5) is 4.79 Å². The number of benzene rings is 1. The van der Waals surface area contributed by atoms with Crippen LogP contribution in [0, 0.1) is 0 Å². The highest BCUT2D eigenvalue weighted by Crippen LogP contribution is 2.21. The fourth-order valence-corrected chi connectivity index (χ4v) is 3.15. The summed E-state index contributed by atoms with van der Waals surface area (Å²) >= 11 is 0. The summed E-state index contributed by atoms with van der Waals surface area (Å²) in [7, 11) is 0. The molecule has 2 unspecified atom stereocenters. The molecule has 23 heavy (non-hydrogen) atoms. The number of ether oxygens (including phenoxy) is 1. The van der Waals surface area contributed by atoms with Gasteiger partial charge < -0.3 is 15.4 Å². The minimum atomic E-state index is -0.453. The monoisotopic (exact) mass is 318 g/mol. The Labute approximate surface area is 140 Å². The van der Waals surface area contributed by atoms with Crippen molar-refractivity contribution in [3.8, 4) is 0 Å². The fraction of sp³-hybridized carbons (Fsp3) is 0.632. The summed E-state index contributed by atoms with van der Waals surface area (Å²) in [6.07, 6.45) is 3.96. The fourth-order valence-electron chi connectivity index (χ4n) is 3.15. The number of alkyl carbamates (subject to hydrolysis) is 1. The zero-order chi connectivity index (χ0) is 16.9. The second-order valence-corrected chi connectivity index (χ2v) is 7.29. The van der Waals surface area contributed by atoms with E-state index in [4.69, 9.17) is 4.74 Å². The summed E-state index contributed by atoms with van der Waals surface area (Å²) in [5, 5.41) is 6.65. The van der Waals surface area contributed by atoms with E-state index in [0.717, 1.165) is 32.2 Å². The number of aryl methyl sites for hydroxylation is 1. The molecule has 1 aromatic carbocycles. The molecule has 4 nitrogen and oxygen atoms in total. The van der Waals surface area contributed by atoms with E-state index in [1.165, 1.54) is 11.1 Å². The molecule has 4 heteroatoms. The van der Waals surface area contributed by atoms with Gasteiger partial charge >= 0.3 is 6.09 Å². The smallest absolute Gasteiger partial charge is 0.407 e. The molecule has 2 N–H and O–H groups in total. The predicted octanol–water partition coefficient (Wildman–Crippen LogP) is 3.78. The Hall–Kier alpha value is -1.55.